The van der Waals surface area contributed by atoms with Crippen LogP contribution in [0.5, 0.6) is 5.75 Å². The maximum atomic E-state index is 12.1. The van der Waals surface area contributed by atoms with Crippen LogP contribution in [0, 0.1) is 0 Å². The van der Waals surface area contributed by atoms with E-state index in [0.29, 0.717) is 19.3 Å². The highest BCUT2D eigenvalue weighted by molar-refractivity contribution is 5.79. The lowest BCUT2D eigenvalue weighted by atomic mass is 9.79. The number of rotatable bonds is 4. The van der Waals surface area contributed by atoms with Crippen LogP contribution in [-0.2, 0) is 14.3 Å². The Balaban J connectivity index is 1.67. The van der Waals surface area contributed by atoms with Crippen molar-refractivity contribution in [3.63, 3.8) is 0 Å². The first-order valence-electron chi connectivity index (χ1n) is 8.88. The van der Waals surface area contributed by atoms with Gasteiger partial charge in [-0.3, -0.25) is 4.79 Å². The van der Waals surface area contributed by atoms with Gasteiger partial charge in [-0.05, 0) is 35.3 Å². The largest absolute Gasteiger partial charge is 0.497 e. The summed E-state index contributed by atoms with van der Waals surface area (Å²) >= 11 is 0. The normalized spacial score (nSPS) is 27.5. The van der Waals surface area contributed by atoms with Crippen LogP contribution in [0.3, 0.4) is 0 Å². The molecule has 2 heterocycles. The minimum atomic E-state index is -0.804. The fraction of sp³-hybridized carbons (Fsp3) is 0.318. The van der Waals surface area contributed by atoms with Gasteiger partial charge < -0.3 is 14.2 Å². The van der Waals surface area contributed by atoms with Gasteiger partial charge in [0.2, 0.25) is 0 Å². The summed E-state index contributed by atoms with van der Waals surface area (Å²) in [6.45, 7) is 4.29. The van der Waals surface area contributed by atoms with Crippen molar-refractivity contribution in [2.24, 2.45) is 0 Å². The molecule has 2 aromatic carbocycles. The number of carbonyl (C=O) groups excluding carboxylic acids is 1. The summed E-state index contributed by atoms with van der Waals surface area (Å²) in [5, 5.41) is 0. The molecule has 2 fully saturated rings. The molecule has 4 heteroatoms. The third-order valence-corrected chi connectivity index (χ3v) is 5.36. The molecule has 2 aliphatic rings. The van der Waals surface area contributed by atoms with Gasteiger partial charge in [0.15, 0.2) is 5.60 Å². The molecular weight excluding hydrogens is 328 g/mol. The second-order valence-corrected chi connectivity index (χ2v) is 6.84. The van der Waals surface area contributed by atoms with Crippen LogP contribution >= 0.6 is 0 Å². The summed E-state index contributed by atoms with van der Waals surface area (Å²) in [6.07, 6.45) is 1.28. The Hall–Kier alpha value is -2.59. The highest BCUT2D eigenvalue weighted by atomic mass is 16.6. The molecule has 4 rings (SSSR count). The molecule has 0 spiro atoms. The minimum absolute atomic E-state index is 0.141. The number of esters is 1. The maximum absolute atomic E-state index is 12.1. The molecule has 4 nitrogen and oxygen atoms in total. The fourth-order valence-corrected chi connectivity index (χ4v) is 3.95. The molecule has 2 aliphatic heterocycles. The lowest BCUT2D eigenvalue weighted by Crippen LogP contribution is -2.47. The number of fused-ring (bicyclic) bond motifs is 1. The number of methoxy groups -OCH3 is 1. The number of hydrogen-bond donors (Lipinski definition) is 0. The van der Waals surface area contributed by atoms with Crippen LogP contribution in [0.25, 0.3) is 5.57 Å². The topological polar surface area (TPSA) is 44.8 Å². The standard InChI is InChI=1S/C22H22O4/c1-15(16-6-4-3-5-7-16)22-14-19(17-8-10-18(24-2)11-9-17)25-20(22)12-13-21(23)26-22/h3-11,19-20H,1,12-14H2,2H3. The van der Waals surface area contributed by atoms with E-state index >= 15 is 0 Å². The van der Waals surface area contributed by atoms with E-state index in [4.69, 9.17) is 14.2 Å². The maximum Gasteiger partial charge on any atom is 0.306 e. The quantitative estimate of drug-likeness (QED) is 0.771. The smallest absolute Gasteiger partial charge is 0.306 e. The van der Waals surface area contributed by atoms with E-state index in [9.17, 15) is 4.79 Å². The van der Waals surface area contributed by atoms with Crippen LogP contribution in [0.2, 0.25) is 0 Å². The van der Waals surface area contributed by atoms with E-state index in [1.165, 1.54) is 0 Å². The summed E-state index contributed by atoms with van der Waals surface area (Å²) in [5.74, 6) is 0.622. The molecular formula is C22H22O4. The van der Waals surface area contributed by atoms with Crippen molar-refractivity contribution in [1.82, 2.24) is 0 Å². The zero-order valence-corrected chi connectivity index (χ0v) is 14.8. The van der Waals surface area contributed by atoms with Gasteiger partial charge in [-0.15, -0.1) is 0 Å². The molecule has 2 aromatic rings. The predicted octanol–water partition coefficient (Wildman–Crippen LogP) is 4.31. The van der Waals surface area contributed by atoms with Crippen molar-refractivity contribution in [2.75, 3.05) is 7.11 Å². The van der Waals surface area contributed by atoms with Crippen molar-refractivity contribution in [1.29, 1.82) is 0 Å². The predicted molar refractivity (Wildman–Crippen MR) is 98.8 cm³/mol. The summed E-state index contributed by atoms with van der Waals surface area (Å²) in [5.41, 5.74) is 2.04. The lowest BCUT2D eigenvalue weighted by molar-refractivity contribution is -0.167. The van der Waals surface area contributed by atoms with Gasteiger partial charge in [0, 0.05) is 12.8 Å². The fourth-order valence-electron chi connectivity index (χ4n) is 3.95. The molecule has 0 amide bonds. The molecule has 26 heavy (non-hydrogen) atoms. The first-order valence-corrected chi connectivity index (χ1v) is 8.88. The Morgan fingerprint density at radius 3 is 2.58 bits per heavy atom. The molecule has 134 valence electrons. The van der Waals surface area contributed by atoms with Crippen LogP contribution < -0.4 is 4.74 Å². The summed E-state index contributed by atoms with van der Waals surface area (Å²) in [4.78, 5) is 12.1. The average molecular weight is 350 g/mol. The van der Waals surface area contributed by atoms with Crippen LogP contribution in [-0.4, -0.2) is 24.8 Å². The van der Waals surface area contributed by atoms with Gasteiger partial charge in [0.05, 0.1) is 13.2 Å². The molecule has 0 saturated carbocycles. The molecule has 0 N–H and O–H groups in total. The zero-order chi connectivity index (χ0) is 18.1. The number of ether oxygens (including phenoxy) is 3. The molecule has 0 aromatic heterocycles. The van der Waals surface area contributed by atoms with Crippen LogP contribution in [0.1, 0.15) is 36.5 Å². The minimum Gasteiger partial charge on any atom is -0.497 e. The van der Waals surface area contributed by atoms with Crippen molar-refractivity contribution in [3.05, 3.63) is 72.3 Å². The third-order valence-electron chi connectivity index (χ3n) is 5.36. The van der Waals surface area contributed by atoms with Gasteiger partial charge in [-0.2, -0.15) is 0 Å². The van der Waals surface area contributed by atoms with Gasteiger partial charge in [-0.1, -0.05) is 49.0 Å². The third kappa shape index (κ3) is 2.80. The van der Waals surface area contributed by atoms with Crippen LogP contribution in [0.15, 0.2) is 61.2 Å². The summed E-state index contributed by atoms with van der Waals surface area (Å²) < 4.78 is 17.5. The summed E-state index contributed by atoms with van der Waals surface area (Å²) in [6, 6.07) is 17.7. The molecule has 2 saturated heterocycles. The molecule has 0 radical (unpaired) electrons. The Labute approximate surface area is 153 Å². The van der Waals surface area contributed by atoms with Gasteiger partial charge >= 0.3 is 5.97 Å². The van der Waals surface area contributed by atoms with Crippen LogP contribution in [0.4, 0.5) is 0 Å². The van der Waals surface area contributed by atoms with Crippen molar-refractivity contribution in [2.45, 2.75) is 37.1 Å². The Bertz CT molecular complexity index is 812. The van der Waals surface area contributed by atoms with Crippen molar-refractivity contribution in [3.8, 4) is 5.75 Å². The average Bonchev–Trinajstić information content (AvgIpc) is 3.08. The molecule has 0 aliphatic carbocycles. The van der Waals surface area contributed by atoms with E-state index < -0.39 is 5.60 Å². The Kier molecular flexibility index (Phi) is 4.29. The number of carbonyl (C=O) groups is 1. The van der Waals surface area contributed by atoms with E-state index in [2.05, 4.69) is 6.58 Å². The molecule has 3 atom stereocenters. The highest BCUT2D eigenvalue weighted by Crippen LogP contribution is 2.51. The zero-order valence-electron chi connectivity index (χ0n) is 14.8. The van der Waals surface area contributed by atoms with Gasteiger partial charge in [0.1, 0.15) is 11.9 Å². The lowest BCUT2D eigenvalue weighted by Gasteiger charge is -2.38. The van der Waals surface area contributed by atoms with E-state index in [-0.39, 0.29) is 18.2 Å². The van der Waals surface area contributed by atoms with Gasteiger partial charge in [0.25, 0.3) is 0 Å². The second kappa shape index (κ2) is 6.61. The molecule has 3 unspecified atom stereocenters. The van der Waals surface area contributed by atoms with Crippen molar-refractivity contribution < 1.29 is 19.0 Å². The first-order chi connectivity index (χ1) is 12.6. The SMILES string of the molecule is C=C(c1ccccc1)C12CC(c3ccc(OC)cc3)OC1CCC(=O)O2. The second-order valence-electron chi connectivity index (χ2n) is 6.84. The van der Waals surface area contributed by atoms with E-state index in [0.717, 1.165) is 22.4 Å². The monoisotopic (exact) mass is 350 g/mol. The molecule has 0 bridgehead atoms. The van der Waals surface area contributed by atoms with Gasteiger partial charge in [-0.25, -0.2) is 0 Å². The highest BCUT2D eigenvalue weighted by Gasteiger charge is 2.56. The number of benzene rings is 2. The Morgan fingerprint density at radius 2 is 1.88 bits per heavy atom. The number of hydrogen-bond acceptors (Lipinski definition) is 4. The van der Waals surface area contributed by atoms with E-state index in [1.807, 2.05) is 54.6 Å². The van der Waals surface area contributed by atoms with Crippen molar-refractivity contribution >= 4 is 11.5 Å². The van der Waals surface area contributed by atoms with E-state index in [1.54, 1.807) is 7.11 Å². The first kappa shape index (κ1) is 16.9. The summed E-state index contributed by atoms with van der Waals surface area (Å²) in [7, 11) is 1.65. The Morgan fingerprint density at radius 1 is 1.15 bits per heavy atom.